The molecule has 1 aromatic rings. The van der Waals surface area contributed by atoms with Gasteiger partial charge in [0.1, 0.15) is 5.82 Å². The van der Waals surface area contributed by atoms with Crippen LogP contribution < -0.4 is 5.73 Å². The van der Waals surface area contributed by atoms with E-state index in [4.69, 9.17) is 5.73 Å². The normalized spacial score (nSPS) is 14.2. The average Bonchev–Trinajstić information content (AvgIpc) is 2.09. The minimum absolute atomic E-state index is 0.0203. The first kappa shape index (κ1) is 11.4. The summed E-state index contributed by atoms with van der Waals surface area (Å²) in [6, 6.07) is 4.63. The first-order valence-electron chi connectivity index (χ1n) is 4.39. The molecule has 76 valence electrons. The molecule has 0 bridgehead atoms. The summed E-state index contributed by atoms with van der Waals surface area (Å²) in [5, 5.41) is 0. The van der Waals surface area contributed by atoms with Gasteiger partial charge in [-0.2, -0.15) is 0 Å². The van der Waals surface area contributed by atoms with Crippen molar-refractivity contribution in [1.29, 1.82) is 0 Å². The molecular formula is C11H13BrFN. The van der Waals surface area contributed by atoms with Crippen molar-refractivity contribution in [2.24, 2.45) is 5.73 Å². The average molecular weight is 258 g/mol. The Bertz CT molecular complexity index is 358. The predicted molar refractivity (Wildman–Crippen MR) is 61.4 cm³/mol. The zero-order valence-corrected chi connectivity index (χ0v) is 9.81. The Labute approximate surface area is 91.9 Å². The van der Waals surface area contributed by atoms with Crippen LogP contribution in [0.1, 0.15) is 19.4 Å². The molecule has 0 fully saturated rings. The highest BCUT2D eigenvalue weighted by molar-refractivity contribution is 9.10. The Balaban J connectivity index is 3.03. The Kier molecular flexibility index (Phi) is 3.84. The van der Waals surface area contributed by atoms with Crippen LogP contribution in [0.25, 0.3) is 6.08 Å². The van der Waals surface area contributed by atoms with Gasteiger partial charge in [0.2, 0.25) is 0 Å². The third-order valence-corrected chi connectivity index (χ3v) is 2.75. The van der Waals surface area contributed by atoms with Crippen molar-refractivity contribution in [2.45, 2.75) is 19.9 Å². The molecule has 0 aromatic heterocycles. The van der Waals surface area contributed by atoms with E-state index in [1.54, 1.807) is 6.07 Å². The summed E-state index contributed by atoms with van der Waals surface area (Å²) in [5.41, 5.74) is 7.72. The van der Waals surface area contributed by atoms with E-state index in [2.05, 4.69) is 15.9 Å². The summed E-state index contributed by atoms with van der Waals surface area (Å²) in [7, 11) is 0. The van der Waals surface area contributed by atoms with Crippen molar-refractivity contribution >= 4 is 22.0 Å². The van der Waals surface area contributed by atoms with Crippen LogP contribution >= 0.6 is 15.9 Å². The standard InChI is InChI=1S/C11H13BrFN/c1-7(8(2)14)5-9-3-4-10(13)6-11(9)12/h3-6,8H,14H2,1-2H3/b7-5+. The Morgan fingerprint density at radius 2 is 2.21 bits per heavy atom. The molecule has 0 aliphatic rings. The molecule has 0 aliphatic carbocycles. The first-order valence-corrected chi connectivity index (χ1v) is 5.19. The smallest absolute Gasteiger partial charge is 0.124 e. The van der Waals surface area contributed by atoms with Gasteiger partial charge in [-0.15, -0.1) is 0 Å². The summed E-state index contributed by atoms with van der Waals surface area (Å²) in [4.78, 5) is 0. The number of hydrogen-bond acceptors (Lipinski definition) is 1. The van der Waals surface area contributed by atoms with Crippen LogP contribution in [-0.2, 0) is 0 Å². The lowest BCUT2D eigenvalue weighted by Crippen LogP contribution is -2.15. The van der Waals surface area contributed by atoms with E-state index < -0.39 is 0 Å². The van der Waals surface area contributed by atoms with Gasteiger partial charge in [-0.05, 0) is 31.5 Å². The summed E-state index contributed by atoms with van der Waals surface area (Å²) in [6.45, 7) is 3.88. The van der Waals surface area contributed by atoms with Crippen molar-refractivity contribution in [3.05, 3.63) is 39.6 Å². The molecule has 14 heavy (non-hydrogen) atoms. The molecule has 0 spiro atoms. The summed E-state index contributed by atoms with van der Waals surface area (Å²) >= 11 is 3.30. The van der Waals surface area contributed by atoms with E-state index in [1.807, 2.05) is 19.9 Å². The molecule has 2 N–H and O–H groups in total. The third-order valence-electron chi connectivity index (χ3n) is 2.06. The Hall–Kier alpha value is -0.670. The maximum Gasteiger partial charge on any atom is 0.124 e. The quantitative estimate of drug-likeness (QED) is 0.865. The van der Waals surface area contributed by atoms with Gasteiger partial charge >= 0.3 is 0 Å². The van der Waals surface area contributed by atoms with Gasteiger partial charge in [-0.1, -0.05) is 33.6 Å². The Morgan fingerprint density at radius 3 is 2.71 bits per heavy atom. The SMILES string of the molecule is C/C(=C\c1ccc(F)cc1Br)C(C)N. The third kappa shape index (κ3) is 2.93. The minimum atomic E-state index is -0.243. The van der Waals surface area contributed by atoms with E-state index in [0.29, 0.717) is 0 Å². The summed E-state index contributed by atoms with van der Waals surface area (Å²) in [6.07, 6.45) is 1.95. The molecule has 3 heteroatoms. The van der Waals surface area contributed by atoms with Gasteiger partial charge < -0.3 is 5.73 Å². The van der Waals surface area contributed by atoms with Crippen LogP contribution in [0.15, 0.2) is 28.2 Å². The fourth-order valence-corrected chi connectivity index (χ4v) is 1.46. The zero-order chi connectivity index (χ0) is 10.7. The largest absolute Gasteiger partial charge is 0.324 e. The van der Waals surface area contributed by atoms with Crippen molar-refractivity contribution in [1.82, 2.24) is 0 Å². The van der Waals surface area contributed by atoms with Crippen molar-refractivity contribution in [3.8, 4) is 0 Å². The highest BCUT2D eigenvalue weighted by Gasteiger charge is 2.01. The van der Waals surface area contributed by atoms with Crippen LogP contribution in [0.3, 0.4) is 0 Å². The number of hydrogen-bond donors (Lipinski definition) is 1. The van der Waals surface area contributed by atoms with E-state index >= 15 is 0 Å². The molecule has 1 rings (SSSR count). The predicted octanol–water partition coefficient (Wildman–Crippen LogP) is 3.34. The molecule has 0 amide bonds. The van der Waals surface area contributed by atoms with Crippen LogP contribution in [-0.4, -0.2) is 6.04 Å². The molecule has 0 saturated carbocycles. The number of nitrogens with two attached hydrogens (primary N) is 1. The second kappa shape index (κ2) is 4.71. The van der Waals surface area contributed by atoms with Crippen molar-refractivity contribution in [3.63, 3.8) is 0 Å². The molecule has 1 nitrogen and oxygen atoms in total. The highest BCUT2D eigenvalue weighted by Crippen LogP contribution is 2.21. The van der Waals surface area contributed by atoms with Gasteiger partial charge in [-0.25, -0.2) is 4.39 Å². The number of rotatable bonds is 2. The van der Waals surface area contributed by atoms with Gasteiger partial charge in [0, 0.05) is 10.5 Å². The number of halogens is 2. The van der Waals surface area contributed by atoms with Gasteiger partial charge in [0.25, 0.3) is 0 Å². The van der Waals surface area contributed by atoms with Crippen molar-refractivity contribution in [2.75, 3.05) is 0 Å². The maximum absolute atomic E-state index is 12.8. The van der Waals surface area contributed by atoms with E-state index in [0.717, 1.165) is 15.6 Å². The van der Waals surface area contributed by atoms with E-state index in [9.17, 15) is 4.39 Å². The summed E-state index contributed by atoms with van der Waals surface area (Å²) < 4.78 is 13.5. The van der Waals surface area contributed by atoms with E-state index in [1.165, 1.54) is 12.1 Å². The highest BCUT2D eigenvalue weighted by atomic mass is 79.9. The molecule has 1 unspecified atom stereocenters. The number of benzene rings is 1. The lowest BCUT2D eigenvalue weighted by atomic mass is 10.1. The lowest BCUT2D eigenvalue weighted by molar-refractivity contribution is 0.627. The molecule has 0 aliphatic heterocycles. The maximum atomic E-state index is 12.8. The van der Waals surface area contributed by atoms with Gasteiger partial charge in [0.05, 0.1) is 0 Å². The fourth-order valence-electron chi connectivity index (χ4n) is 0.995. The molecule has 1 aromatic carbocycles. The molecule has 0 saturated heterocycles. The molecule has 0 radical (unpaired) electrons. The topological polar surface area (TPSA) is 26.0 Å². The lowest BCUT2D eigenvalue weighted by Gasteiger charge is -2.06. The molecule has 0 heterocycles. The summed E-state index contributed by atoms with van der Waals surface area (Å²) in [5.74, 6) is -0.243. The Morgan fingerprint density at radius 1 is 1.57 bits per heavy atom. The second-order valence-corrected chi connectivity index (χ2v) is 4.20. The van der Waals surface area contributed by atoms with Crippen LogP contribution in [0, 0.1) is 5.82 Å². The monoisotopic (exact) mass is 257 g/mol. The van der Waals surface area contributed by atoms with Gasteiger partial charge in [0.15, 0.2) is 0 Å². The fraction of sp³-hybridized carbons (Fsp3) is 0.273. The second-order valence-electron chi connectivity index (χ2n) is 3.34. The van der Waals surface area contributed by atoms with Crippen LogP contribution in [0.4, 0.5) is 4.39 Å². The molecular weight excluding hydrogens is 245 g/mol. The van der Waals surface area contributed by atoms with Gasteiger partial charge in [-0.3, -0.25) is 0 Å². The minimum Gasteiger partial charge on any atom is -0.324 e. The van der Waals surface area contributed by atoms with E-state index in [-0.39, 0.29) is 11.9 Å². The first-order chi connectivity index (χ1) is 6.50. The molecule has 1 atom stereocenters. The van der Waals surface area contributed by atoms with Crippen molar-refractivity contribution < 1.29 is 4.39 Å². The van der Waals surface area contributed by atoms with Crippen LogP contribution in [0.2, 0.25) is 0 Å². The zero-order valence-electron chi connectivity index (χ0n) is 8.22. The van der Waals surface area contributed by atoms with Crippen LogP contribution in [0.5, 0.6) is 0 Å².